The van der Waals surface area contributed by atoms with E-state index in [2.05, 4.69) is 24.0 Å². The number of rotatable bonds is 0. The van der Waals surface area contributed by atoms with Gasteiger partial charge >= 0.3 is 0 Å². The van der Waals surface area contributed by atoms with Gasteiger partial charge in [0.2, 0.25) is 0 Å². The highest BCUT2D eigenvalue weighted by Crippen LogP contribution is 2.38. The predicted octanol–water partition coefficient (Wildman–Crippen LogP) is 1.57. The van der Waals surface area contributed by atoms with E-state index in [9.17, 15) is 0 Å². The maximum Gasteiger partial charge on any atom is 0.159 e. The molecule has 1 saturated carbocycles. The standard InChI is InChI=1S/C8H14N2S/c1-10(2)8-9-6-4-3-5-7(6)11-8/h6-7H,3-5H2,1-2H3. The lowest BCUT2D eigenvalue weighted by atomic mass is 10.3. The van der Waals surface area contributed by atoms with Gasteiger partial charge in [-0.1, -0.05) is 18.2 Å². The minimum atomic E-state index is 0.650. The number of hydrogen-bond donors (Lipinski definition) is 0. The van der Waals surface area contributed by atoms with Crippen LogP contribution in [-0.4, -0.2) is 35.5 Å². The molecule has 0 aromatic rings. The molecule has 0 aromatic carbocycles. The highest BCUT2D eigenvalue weighted by molar-refractivity contribution is 8.14. The molecule has 0 spiro atoms. The van der Waals surface area contributed by atoms with Crippen LogP contribution in [0.4, 0.5) is 0 Å². The second kappa shape index (κ2) is 2.70. The van der Waals surface area contributed by atoms with E-state index in [0.717, 1.165) is 5.25 Å². The van der Waals surface area contributed by atoms with Crippen LogP contribution in [0.15, 0.2) is 4.99 Å². The number of thioether (sulfide) groups is 1. The number of amidine groups is 1. The van der Waals surface area contributed by atoms with Gasteiger partial charge in [-0.3, -0.25) is 4.99 Å². The summed E-state index contributed by atoms with van der Waals surface area (Å²) < 4.78 is 0. The summed E-state index contributed by atoms with van der Waals surface area (Å²) in [5, 5.41) is 2.05. The van der Waals surface area contributed by atoms with Crippen LogP contribution in [0.2, 0.25) is 0 Å². The van der Waals surface area contributed by atoms with Crippen molar-refractivity contribution in [3.05, 3.63) is 0 Å². The van der Waals surface area contributed by atoms with Crippen LogP contribution in [0.3, 0.4) is 0 Å². The van der Waals surface area contributed by atoms with Crippen molar-refractivity contribution in [3.8, 4) is 0 Å². The van der Waals surface area contributed by atoms with Crippen molar-refractivity contribution in [1.82, 2.24) is 4.90 Å². The molecule has 0 saturated heterocycles. The molecule has 2 rings (SSSR count). The van der Waals surface area contributed by atoms with Crippen molar-refractivity contribution < 1.29 is 0 Å². The number of hydrogen-bond acceptors (Lipinski definition) is 3. The highest BCUT2D eigenvalue weighted by atomic mass is 32.2. The van der Waals surface area contributed by atoms with Crippen molar-refractivity contribution in [1.29, 1.82) is 0 Å². The smallest absolute Gasteiger partial charge is 0.159 e. The van der Waals surface area contributed by atoms with Gasteiger partial charge in [-0.05, 0) is 12.8 Å². The zero-order valence-electron chi connectivity index (χ0n) is 7.08. The molecule has 2 nitrogen and oxygen atoms in total. The first-order valence-corrected chi connectivity index (χ1v) is 5.07. The van der Waals surface area contributed by atoms with Gasteiger partial charge in [0.1, 0.15) is 0 Å². The van der Waals surface area contributed by atoms with E-state index >= 15 is 0 Å². The van der Waals surface area contributed by atoms with Crippen LogP contribution in [0.5, 0.6) is 0 Å². The lowest BCUT2D eigenvalue weighted by Crippen LogP contribution is -2.17. The molecule has 2 atom stereocenters. The molecule has 0 aromatic heterocycles. The zero-order chi connectivity index (χ0) is 7.84. The number of fused-ring (bicyclic) bond motifs is 1. The van der Waals surface area contributed by atoms with E-state index in [1.807, 2.05) is 11.8 Å². The van der Waals surface area contributed by atoms with Crippen molar-refractivity contribution in [2.45, 2.75) is 30.6 Å². The second-order valence-corrected chi connectivity index (χ2v) is 4.67. The van der Waals surface area contributed by atoms with Crippen LogP contribution >= 0.6 is 11.8 Å². The average molecular weight is 170 g/mol. The summed E-state index contributed by atoms with van der Waals surface area (Å²) in [6.45, 7) is 0. The fourth-order valence-corrected chi connectivity index (χ4v) is 3.04. The third-order valence-corrected chi connectivity index (χ3v) is 3.87. The molecule has 3 heteroatoms. The number of aliphatic imine (C=N–C) groups is 1. The van der Waals surface area contributed by atoms with Crippen LogP contribution in [0, 0.1) is 0 Å². The van der Waals surface area contributed by atoms with Gasteiger partial charge in [0.05, 0.1) is 6.04 Å². The normalized spacial score (nSPS) is 35.3. The molecule has 2 aliphatic rings. The van der Waals surface area contributed by atoms with E-state index in [1.165, 1.54) is 24.4 Å². The molecular weight excluding hydrogens is 156 g/mol. The Labute approximate surface area is 72.1 Å². The largest absolute Gasteiger partial charge is 0.358 e. The molecule has 1 heterocycles. The Morgan fingerprint density at radius 1 is 1.45 bits per heavy atom. The SMILES string of the molecule is CN(C)C1=NC2CCCC2S1. The minimum absolute atomic E-state index is 0.650. The highest BCUT2D eigenvalue weighted by Gasteiger charge is 2.34. The average Bonchev–Trinajstić information content (AvgIpc) is 2.40. The minimum Gasteiger partial charge on any atom is -0.358 e. The van der Waals surface area contributed by atoms with Crippen molar-refractivity contribution in [3.63, 3.8) is 0 Å². The van der Waals surface area contributed by atoms with Gasteiger partial charge in [0, 0.05) is 19.3 Å². The molecule has 0 amide bonds. The van der Waals surface area contributed by atoms with E-state index in [4.69, 9.17) is 0 Å². The Kier molecular flexibility index (Phi) is 1.83. The molecule has 0 N–H and O–H groups in total. The first-order chi connectivity index (χ1) is 5.27. The molecule has 1 aliphatic carbocycles. The van der Waals surface area contributed by atoms with E-state index in [1.54, 1.807) is 0 Å². The topological polar surface area (TPSA) is 15.6 Å². The van der Waals surface area contributed by atoms with Gasteiger partial charge in [-0.2, -0.15) is 0 Å². The molecule has 0 radical (unpaired) electrons. The maximum atomic E-state index is 4.66. The molecule has 62 valence electrons. The number of nitrogens with zero attached hydrogens (tertiary/aromatic N) is 2. The van der Waals surface area contributed by atoms with Gasteiger partial charge in [0.25, 0.3) is 0 Å². The van der Waals surface area contributed by atoms with E-state index < -0.39 is 0 Å². The van der Waals surface area contributed by atoms with Crippen molar-refractivity contribution >= 4 is 16.9 Å². The first-order valence-electron chi connectivity index (χ1n) is 4.19. The van der Waals surface area contributed by atoms with Crippen LogP contribution < -0.4 is 0 Å². The van der Waals surface area contributed by atoms with Gasteiger partial charge in [-0.15, -0.1) is 0 Å². The van der Waals surface area contributed by atoms with E-state index in [-0.39, 0.29) is 0 Å². The van der Waals surface area contributed by atoms with Gasteiger partial charge in [0.15, 0.2) is 5.17 Å². The Morgan fingerprint density at radius 3 is 2.91 bits per heavy atom. The lowest BCUT2D eigenvalue weighted by molar-refractivity contribution is 0.624. The summed E-state index contributed by atoms with van der Waals surface area (Å²) in [5.41, 5.74) is 0. The second-order valence-electron chi connectivity index (χ2n) is 3.46. The van der Waals surface area contributed by atoms with Gasteiger partial charge < -0.3 is 4.90 Å². The van der Waals surface area contributed by atoms with Crippen LogP contribution in [0.25, 0.3) is 0 Å². The van der Waals surface area contributed by atoms with Crippen molar-refractivity contribution in [2.75, 3.05) is 14.1 Å². The van der Waals surface area contributed by atoms with Gasteiger partial charge in [-0.25, -0.2) is 0 Å². The van der Waals surface area contributed by atoms with Crippen LogP contribution in [0.1, 0.15) is 19.3 Å². The Hall–Kier alpha value is -0.180. The molecule has 1 aliphatic heterocycles. The summed E-state index contributed by atoms with van der Waals surface area (Å²) in [7, 11) is 4.15. The Balaban J connectivity index is 2.07. The summed E-state index contributed by atoms with van der Waals surface area (Å²) in [5.74, 6) is 0. The molecule has 0 bridgehead atoms. The summed E-state index contributed by atoms with van der Waals surface area (Å²) >= 11 is 1.97. The lowest BCUT2D eigenvalue weighted by Gasteiger charge is -2.11. The van der Waals surface area contributed by atoms with Crippen molar-refractivity contribution in [2.24, 2.45) is 4.99 Å². The quantitative estimate of drug-likeness (QED) is 0.548. The predicted molar refractivity (Wildman–Crippen MR) is 50.1 cm³/mol. The Morgan fingerprint density at radius 2 is 2.27 bits per heavy atom. The first kappa shape index (κ1) is 7.47. The van der Waals surface area contributed by atoms with Crippen LogP contribution in [-0.2, 0) is 0 Å². The van der Waals surface area contributed by atoms with E-state index in [0.29, 0.717) is 6.04 Å². The summed E-state index contributed by atoms with van der Waals surface area (Å²) in [6.07, 6.45) is 4.07. The Bertz CT molecular complexity index is 189. The maximum absolute atomic E-state index is 4.66. The summed E-state index contributed by atoms with van der Waals surface area (Å²) in [6, 6.07) is 0.650. The molecule has 1 fully saturated rings. The molecular formula is C8H14N2S. The molecule has 2 unspecified atom stereocenters. The monoisotopic (exact) mass is 170 g/mol. The summed E-state index contributed by atoms with van der Waals surface area (Å²) in [4.78, 5) is 6.78. The fraction of sp³-hybridized carbons (Fsp3) is 0.875. The zero-order valence-corrected chi connectivity index (χ0v) is 7.90. The third-order valence-electron chi connectivity index (χ3n) is 2.33. The third kappa shape index (κ3) is 1.26. The fourth-order valence-electron chi connectivity index (χ4n) is 1.72. The molecule has 11 heavy (non-hydrogen) atoms.